The van der Waals surface area contributed by atoms with E-state index in [9.17, 15) is 4.79 Å². The molecule has 1 aromatic carbocycles. The van der Waals surface area contributed by atoms with Crippen molar-refractivity contribution < 1.29 is 14.3 Å². The van der Waals surface area contributed by atoms with E-state index in [0.717, 1.165) is 37.2 Å². The molecule has 0 bridgehead atoms. The maximum Gasteiger partial charge on any atom is 0.234 e. The molecule has 2 heterocycles. The summed E-state index contributed by atoms with van der Waals surface area (Å²) >= 11 is 0. The molecule has 0 unspecified atom stereocenters. The number of para-hydroxylation sites is 2. The Hall–Kier alpha value is -2.60. The summed E-state index contributed by atoms with van der Waals surface area (Å²) in [5, 5.41) is 3.09. The molecule has 1 aliphatic heterocycles. The number of fused-ring (bicyclic) bond motifs is 2. The summed E-state index contributed by atoms with van der Waals surface area (Å²) in [4.78, 5) is 19.2. The summed E-state index contributed by atoms with van der Waals surface area (Å²) in [6, 6.07) is 11.7. The average Bonchev–Trinajstić information content (AvgIpc) is 3.57. The molecule has 0 atom stereocenters. The van der Waals surface area contributed by atoms with E-state index in [1.807, 2.05) is 36.4 Å². The van der Waals surface area contributed by atoms with Gasteiger partial charge in [-0.25, -0.2) is 4.98 Å². The fourth-order valence-corrected chi connectivity index (χ4v) is 3.81. The number of carbonyl (C=O) groups is 1. The predicted molar refractivity (Wildman–Crippen MR) is 120 cm³/mol. The average molecular weight is 424 g/mol. The zero-order chi connectivity index (χ0) is 21.7. The molecular formula is C25H33N3O3. The van der Waals surface area contributed by atoms with E-state index in [1.54, 1.807) is 6.20 Å². The van der Waals surface area contributed by atoms with Gasteiger partial charge in [0.05, 0.1) is 13.2 Å². The van der Waals surface area contributed by atoms with E-state index in [4.69, 9.17) is 9.47 Å². The van der Waals surface area contributed by atoms with E-state index in [0.29, 0.717) is 37.2 Å². The van der Waals surface area contributed by atoms with Crippen LogP contribution in [-0.4, -0.2) is 42.0 Å². The van der Waals surface area contributed by atoms with Crippen molar-refractivity contribution >= 4 is 5.91 Å². The van der Waals surface area contributed by atoms with Gasteiger partial charge in [0, 0.05) is 24.8 Å². The topological polar surface area (TPSA) is 63.7 Å². The van der Waals surface area contributed by atoms with Gasteiger partial charge in [0.2, 0.25) is 11.8 Å². The quantitative estimate of drug-likeness (QED) is 0.790. The minimum Gasteiger partial charge on any atom is -0.489 e. The maximum atomic E-state index is 12.6. The van der Waals surface area contributed by atoms with Crippen LogP contribution in [0.15, 0.2) is 42.6 Å². The number of aromatic nitrogens is 1. The van der Waals surface area contributed by atoms with Gasteiger partial charge >= 0.3 is 0 Å². The molecular weight excluding hydrogens is 390 g/mol. The standard InChI is InChI=1S/C25H33N3O3/c1-25(2)12-6-14-28(17-23(29)27-15-19-10-11-19)16-20-7-5-13-26-24(20)31-22-9-4-3-8-21(22)30-18-25/h3-5,7-9,13,19H,6,10-12,14-18H2,1-2H3,(H,27,29). The third kappa shape index (κ3) is 6.44. The monoisotopic (exact) mass is 423 g/mol. The lowest BCUT2D eigenvalue weighted by Crippen LogP contribution is -2.38. The summed E-state index contributed by atoms with van der Waals surface area (Å²) in [6.45, 7) is 7.68. The number of nitrogens with zero attached hydrogens (tertiary/aromatic N) is 2. The van der Waals surface area contributed by atoms with Crippen molar-refractivity contribution in [2.45, 2.75) is 46.1 Å². The summed E-state index contributed by atoms with van der Waals surface area (Å²) in [5.74, 6) is 2.71. The predicted octanol–water partition coefficient (Wildman–Crippen LogP) is 4.40. The second kappa shape index (κ2) is 9.69. The van der Waals surface area contributed by atoms with Crippen molar-refractivity contribution in [1.29, 1.82) is 0 Å². The molecule has 1 amide bonds. The van der Waals surface area contributed by atoms with Crippen LogP contribution in [0.2, 0.25) is 0 Å². The first-order chi connectivity index (χ1) is 15.0. The molecule has 0 spiro atoms. The van der Waals surface area contributed by atoms with Gasteiger partial charge < -0.3 is 14.8 Å². The number of pyridine rings is 1. The molecule has 1 aromatic heterocycles. The molecule has 31 heavy (non-hydrogen) atoms. The van der Waals surface area contributed by atoms with Crippen LogP contribution in [0.4, 0.5) is 0 Å². The van der Waals surface area contributed by atoms with Gasteiger partial charge in [-0.15, -0.1) is 0 Å². The Morgan fingerprint density at radius 2 is 2.00 bits per heavy atom. The first-order valence-corrected chi connectivity index (χ1v) is 11.3. The Labute approximate surface area is 185 Å². The van der Waals surface area contributed by atoms with E-state index >= 15 is 0 Å². The van der Waals surface area contributed by atoms with Gasteiger partial charge in [-0.2, -0.15) is 0 Å². The van der Waals surface area contributed by atoms with Crippen LogP contribution in [0.5, 0.6) is 17.4 Å². The lowest BCUT2D eigenvalue weighted by atomic mass is 9.88. The van der Waals surface area contributed by atoms with Gasteiger partial charge in [0.25, 0.3) is 0 Å². The number of ether oxygens (including phenoxy) is 2. The van der Waals surface area contributed by atoms with Crippen molar-refractivity contribution in [2.24, 2.45) is 11.3 Å². The molecule has 1 aliphatic carbocycles. The number of carbonyl (C=O) groups excluding carboxylic acids is 1. The van der Waals surface area contributed by atoms with Crippen LogP contribution in [0, 0.1) is 11.3 Å². The molecule has 6 heteroatoms. The number of benzene rings is 1. The Kier molecular flexibility index (Phi) is 6.76. The highest BCUT2D eigenvalue weighted by Gasteiger charge is 2.24. The first kappa shape index (κ1) is 21.6. The molecule has 166 valence electrons. The molecule has 4 rings (SSSR count). The molecule has 2 aliphatic rings. The van der Waals surface area contributed by atoms with E-state index in [2.05, 4.69) is 29.0 Å². The largest absolute Gasteiger partial charge is 0.489 e. The number of hydrogen-bond acceptors (Lipinski definition) is 5. The van der Waals surface area contributed by atoms with Gasteiger partial charge in [-0.05, 0) is 61.8 Å². The highest BCUT2D eigenvalue weighted by atomic mass is 16.5. The van der Waals surface area contributed by atoms with Crippen molar-refractivity contribution in [1.82, 2.24) is 15.2 Å². The van der Waals surface area contributed by atoms with Gasteiger partial charge in [0.15, 0.2) is 11.5 Å². The number of rotatable bonds is 4. The molecule has 1 saturated carbocycles. The smallest absolute Gasteiger partial charge is 0.234 e. The Morgan fingerprint density at radius 3 is 2.81 bits per heavy atom. The highest BCUT2D eigenvalue weighted by Crippen LogP contribution is 2.34. The lowest BCUT2D eigenvalue weighted by Gasteiger charge is -2.27. The minimum atomic E-state index is 0.0200. The summed E-state index contributed by atoms with van der Waals surface area (Å²) in [5.41, 5.74) is 0.984. The Balaban J connectivity index is 1.55. The Morgan fingerprint density at radius 1 is 1.19 bits per heavy atom. The number of amides is 1. The van der Waals surface area contributed by atoms with Gasteiger partial charge in [-0.1, -0.05) is 32.0 Å². The van der Waals surface area contributed by atoms with Crippen LogP contribution in [0.3, 0.4) is 0 Å². The van der Waals surface area contributed by atoms with Crippen molar-refractivity contribution in [3.8, 4) is 17.4 Å². The van der Waals surface area contributed by atoms with Crippen molar-refractivity contribution in [3.05, 3.63) is 48.2 Å². The van der Waals surface area contributed by atoms with Crippen LogP contribution in [0.1, 0.15) is 45.1 Å². The SMILES string of the molecule is CC1(C)CCCN(CC(=O)NCC2CC2)Cc2cccnc2Oc2ccccc2OC1. The highest BCUT2D eigenvalue weighted by molar-refractivity contribution is 5.78. The molecule has 1 N–H and O–H groups in total. The molecule has 6 nitrogen and oxygen atoms in total. The second-order valence-electron chi connectivity index (χ2n) is 9.53. The number of nitrogens with one attached hydrogen (secondary N) is 1. The van der Waals surface area contributed by atoms with Gasteiger partial charge in [0.1, 0.15) is 0 Å². The molecule has 2 aromatic rings. The Bertz CT molecular complexity index is 895. The first-order valence-electron chi connectivity index (χ1n) is 11.3. The molecule has 1 fully saturated rings. The van der Waals surface area contributed by atoms with E-state index < -0.39 is 0 Å². The van der Waals surface area contributed by atoms with Gasteiger partial charge in [-0.3, -0.25) is 9.69 Å². The van der Waals surface area contributed by atoms with Crippen LogP contribution in [0.25, 0.3) is 0 Å². The lowest BCUT2D eigenvalue weighted by molar-refractivity contribution is -0.122. The zero-order valence-electron chi connectivity index (χ0n) is 18.6. The van der Waals surface area contributed by atoms with Crippen LogP contribution >= 0.6 is 0 Å². The van der Waals surface area contributed by atoms with Crippen LogP contribution < -0.4 is 14.8 Å². The van der Waals surface area contributed by atoms with E-state index in [1.165, 1.54) is 12.8 Å². The van der Waals surface area contributed by atoms with Crippen molar-refractivity contribution in [2.75, 3.05) is 26.2 Å². The fraction of sp³-hybridized carbons (Fsp3) is 0.520. The second-order valence-corrected chi connectivity index (χ2v) is 9.53. The maximum absolute atomic E-state index is 12.6. The van der Waals surface area contributed by atoms with Crippen LogP contribution in [-0.2, 0) is 11.3 Å². The van der Waals surface area contributed by atoms with Crippen molar-refractivity contribution in [3.63, 3.8) is 0 Å². The summed E-state index contributed by atoms with van der Waals surface area (Å²) in [7, 11) is 0. The third-order valence-corrected chi connectivity index (χ3v) is 5.90. The summed E-state index contributed by atoms with van der Waals surface area (Å²) < 4.78 is 12.4. The minimum absolute atomic E-state index is 0.0200. The van der Waals surface area contributed by atoms with E-state index in [-0.39, 0.29) is 11.3 Å². The molecule has 0 radical (unpaired) electrons. The fourth-order valence-electron chi connectivity index (χ4n) is 3.81. The summed E-state index contributed by atoms with van der Waals surface area (Å²) in [6.07, 6.45) is 6.20. The normalized spacial score (nSPS) is 19.3. The zero-order valence-corrected chi connectivity index (χ0v) is 18.6. The number of hydrogen-bond donors (Lipinski definition) is 1. The molecule has 0 saturated heterocycles. The third-order valence-electron chi connectivity index (χ3n) is 5.90.